The molecule has 0 aliphatic carbocycles. The van der Waals surface area contributed by atoms with Crippen molar-refractivity contribution < 1.29 is 18.9 Å². The summed E-state index contributed by atoms with van der Waals surface area (Å²) in [6.07, 6.45) is 1.51. The molecular weight excluding hydrogens is 347 g/mol. The highest BCUT2D eigenvalue weighted by molar-refractivity contribution is 8.18. The van der Waals surface area contributed by atoms with Gasteiger partial charge in [0.15, 0.2) is 0 Å². The van der Waals surface area contributed by atoms with Crippen LogP contribution in [-0.2, 0) is 11.3 Å². The first-order valence-corrected chi connectivity index (χ1v) is 8.00. The summed E-state index contributed by atoms with van der Waals surface area (Å²) < 4.78 is 12.9. The second-order valence-electron chi connectivity index (χ2n) is 5.24. The van der Waals surface area contributed by atoms with Crippen molar-refractivity contribution in [3.05, 3.63) is 80.5 Å². The molecule has 1 fully saturated rings. The van der Waals surface area contributed by atoms with Crippen molar-refractivity contribution in [3.8, 4) is 0 Å². The highest BCUT2D eigenvalue weighted by Crippen LogP contribution is 2.33. The van der Waals surface area contributed by atoms with Crippen LogP contribution in [-0.4, -0.2) is 21.0 Å². The predicted octanol–water partition coefficient (Wildman–Crippen LogP) is 3.97. The van der Waals surface area contributed by atoms with Crippen molar-refractivity contribution in [3.63, 3.8) is 0 Å². The van der Waals surface area contributed by atoms with Gasteiger partial charge >= 0.3 is 0 Å². The van der Waals surface area contributed by atoms with E-state index in [9.17, 15) is 24.1 Å². The highest BCUT2D eigenvalue weighted by atomic mass is 32.2. The first-order valence-electron chi connectivity index (χ1n) is 7.18. The third-order valence-electron chi connectivity index (χ3n) is 3.53. The van der Waals surface area contributed by atoms with Crippen LogP contribution in [0, 0.1) is 15.9 Å². The lowest BCUT2D eigenvalue weighted by Crippen LogP contribution is -2.27. The summed E-state index contributed by atoms with van der Waals surface area (Å²) in [4.78, 5) is 35.9. The third kappa shape index (κ3) is 3.74. The molecule has 3 rings (SSSR count). The second kappa shape index (κ2) is 6.86. The highest BCUT2D eigenvalue weighted by Gasteiger charge is 2.34. The van der Waals surface area contributed by atoms with E-state index in [0.717, 1.165) is 16.7 Å². The summed E-state index contributed by atoms with van der Waals surface area (Å²) in [5.41, 5.74) is 1.17. The minimum Gasteiger partial charge on any atom is -0.268 e. The first kappa shape index (κ1) is 16.8. The molecule has 0 aromatic heterocycles. The molecule has 1 heterocycles. The molecule has 0 radical (unpaired) electrons. The Labute approximate surface area is 146 Å². The summed E-state index contributed by atoms with van der Waals surface area (Å²) in [5.74, 6) is -0.839. The van der Waals surface area contributed by atoms with Crippen LogP contribution in [0.15, 0.2) is 53.4 Å². The van der Waals surface area contributed by atoms with Gasteiger partial charge in [-0.3, -0.25) is 24.6 Å². The monoisotopic (exact) mass is 358 g/mol. The fourth-order valence-electron chi connectivity index (χ4n) is 2.25. The summed E-state index contributed by atoms with van der Waals surface area (Å²) in [6, 6.07) is 11.2. The molecule has 0 atom stereocenters. The molecule has 2 amide bonds. The van der Waals surface area contributed by atoms with E-state index >= 15 is 0 Å². The van der Waals surface area contributed by atoms with Gasteiger partial charge in [-0.1, -0.05) is 12.1 Å². The van der Waals surface area contributed by atoms with E-state index in [-0.39, 0.29) is 17.1 Å². The van der Waals surface area contributed by atoms with Gasteiger partial charge in [-0.2, -0.15) is 0 Å². The summed E-state index contributed by atoms with van der Waals surface area (Å²) in [7, 11) is 0. The fraction of sp³-hybridized carbons (Fsp3) is 0.0588. The zero-order valence-electron chi connectivity index (χ0n) is 12.7. The van der Waals surface area contributed by atoms with Gasteiger partial charge in [-0.15, -0.1) is 0 Å². The van der Waals surface area contributed by atoms with Gasteiger partial charge in [0.2, 0.25) is 0 Å². The molecule has 1 aliphatic heterocycles. The molecule has 6 nitrogen and oxygen atoms in total. The van der Waals surface area contributed by atoms with Crippen molar-refractivity contribution in [1.29, 1.82) is 0 Å². The van der Waals surface area contributed by atoms with Crippen molar-refractivity contribution >= 4 is 34.7 Å². The quantitative estimate of drug-likeness (QED) is 0.469. The van der Waals surface area contributed by atoms with E-state index in [1.165, 1.54) is 54.6 Å². The number of thioether (sulfide) groups is 1. The van der Waals surface area contributed by atoms with Crippen LogP contribution in [0.2, 0.25) is 0 Å². The Kier molecular flexibility index (Phi) is 4.62. The van der Waals surface area contributed by atoms with Gasteiger partial charge < -0.3 is 0 Å². The minimum atomic E-state index is -0.514. The normalized spacial score (nSPS) is 15.9. The molecule has 1 aliphatic rings. The smallest absolute Gasteiger partial charge is 0.268 e. The third-order valence-corrected chi connectivity index (χ3v) is 4.44. The summed E-state index contributed by atoms with van der Waals surface area (Å²) in [6.45, 7) is 0.0581. The molecule has 1 saturated heterocycles. The van der Waals surface area contributed by atoms with Crippen LogP contribution in [0.25, 0.3) is 6.08 Å². The lowest BCUT2D eigenvalue weighted by molar-refractivity contribution is -0.384. The standard InChI is InChI=1S/C17H11FN2O4S/c18-13-5-1-12(2-6-13)10-19-16(21)15(25-17(19)22)9-11-3-7-14(8-4-11)20(23)24/h1-9H,10H2/b15-9-. The molecule has 0 bridgehead atoms. The Morgan fingerprint density at radius 3 is 2.32 bits per heavy atom. The van der Waals surface area contributed by atoms with Crippen molar-refractivity contribution in [2.75, 3.05) is 0 Å². The van der Waals surface area contributed by atoms with E-state index in [1.807, 2.05) is 0 Å². The van der Waals surface area contributed by atoms with Crippen LogP contribution in [0.5, 0.6) is 0 Å². The Morgan fingerprint density at radius 1 is 1.08 bits per heavy atom. The molecule has 126 valence electrons. The van der Waals surface area contributed by atoms with E-state index in [4.69, 9.17) is 0 Å². The Bertz CT molecular complexity index is 879. The first-order chi connectivity index (χ1) is 11.9. The van der Waals surface area contributed by atoms with E-state index in [0.29, 0.717) is 11.1 Å². The number of carbonyl (C=O) groups is 2. The molecular formula is C17H11FN2O4S. The van der Waals surface area contributed by atoms with Crippen LogP contribution in [0.1, 0.15) is 11.1 Å². The van der Waals surface area contributed by atoms with Crippen LogP contribution >= 0.6 is 11.8 Å². The number of carbonyl (C=O) groups excluding carboxylic acids is 2. The maximum absolute atomic E-state index is 12.9. The van der Waals surface area contributed by atoms with Crippen LogP contribution in [0.4, 0.5) is 14.9 Å². The zero-order valence-corrected chi connectivity index (χ0v) is 13.5. The molecule has 0 saturated carbocycles. The van der Waals surface area contributed by atoms with E-state index in [2.05, 4.69) is 0 Å². The summed E-state index contributed by atoms with van der Waals surface area (Å²) in [5, 5.41) is 10.2. The number of imide groups is 1. The number of halogens is 1. The van der Waals surface area contributed by atoms with Crippen LogP contribution < -0.4 is 0 Å². The number of nitrogens with zero attached hydrogens (tertiary/aromatic N) is 2. The lowest BCUT2D eigenvalue weighted by atomic mass is 10.2. The number of rotatable bonds is 4. The van der Waals surface area contributed by atoms with Crippen molar-refractivity contribution in [1.82, 2.24) is 4.90 Å². The van der Waals surface area contributed by atoms with Gasteiger partial charge in [0.05, 0.1) is 16.4 Å². The average molecular weight is 358 g/mol. The number of hydrogen-bond acceptors (Lipinski definition) is 5. The summed E-state index contributed by atoms with van der Waals surface area (Å²) >= 11 is 0.800. The second-order valence-corrected chi connectivity index (χ2v) is 6.24. The Morgan fingerprint density at radius 2 is 1.72 bits per heavy atom. The molecule has 8 heteroatoms. The zero-order chi connectivity index (χ0) is 18.0. The van der Waals surface area contributed by atoms with Gasteiger partial charge in [-0.05, 0) is 53.2 Å². The molecule has 0 spiro atoms. The maximum atomic E-state index is 12.9. The molecule has 2 aromatic rings. The van der Waals surface area contributed by atoms with Gasteiger partial charge in [0.1, 0.15) is 5.82 Å². The molecule has 2 aromatic carbocycles. The fourth-order valence-corrected chi connectivity index (χ4v) is 3.09. The van der Waals surface area contributed by atoms with Crippen molar-refractivity contribution in [2.45, 2.75) is 6.54 Å². The SMILES string of the molecule is O=C1S/C(=C\c2ccc([N+](=O)[O-])cc2)C(=O)N1Cc1ccc(F)cc1. The Hall–Kier alpha value is -3.00. The molecule has 25 heavy (non-hydrogen) atoms. The number of hydrogen-bond donors (Lipinski definition) is 0. The number of nitro benzene ring substituents is 1. The number of non-ortho nitro benzene ring substituents is 1. The Balaban J connectivity index is 1.78. The number of nitro groups is 1. The van der Waals surface area contributed by atoms with Crippen LogP contribution in [0.3, 0.4) is 0 Å². The van der Waals surface area contributed by atoms with E-state index < -0.39 is 21.9 Å². The topological polar surface area (TPSA) is 80.5 Å². The molecule has 0 unspecified atom stereocenters. The number of benzene rings is 2. The maximum Gasteiger partial charge on any atom is 0.293 e. The number of amides is 2. The lowest BCUT2D eigenvalue weighted by Gasteiger charge is -2.12. The minimum absolute atomic E-state index is 0.0541. The largest absolute Gasteiger partial charge is 0.293 e. The molecule has 0 N–H and O–H groups in total. The van der Waals surface area contributed by atoms with Gasteiger partial charge in [0.25, 0.3) is 16.8 Å². The predicted molar refractivity (Wildman–Crippen MR) is 91.0 cm³/mol. The van der Waals surface area contributed by atoms with Gasteiger partial charge in [0, 0.05) is 12.1 Å². The average Bonchev–Trinajstić information content (AvgIpc) is 2.85. The van der Waals surface area contributed by atoms with Crippen molar-refractivity contribution in [2.24, 2.45) is 0 Å². The van der Waals surface area contributed by atoms with E-state index in [1.54, 1.807) is 0 Å². The van der Waals surface area contributed by atoms with Gasteiger partial charge in [-0.25, -0.2) is 4.39 Å².